The minimum absolute atomic E-state index is 0.227. The van der Waals surface area contributed by atoms with Crippen LogP contribution in [0.5, 0.6) is 5.75 Å². The molecule has 0 aliphatic rings. The minimum atomic E-state index is -4.85. The van der Waals surface area contributed by atoms with Crippen LogP contribution in [-0.4, -0.2) is 16.8 Å². The molecule has 16 heavy (non-hydrogen) atoms. The second kappa shape index (κ2) is 4.26. The maximum Gasteiger partial charge on any atom is 0.416 e. The number of aromatic hydroxyl groups is 1. The first-order valence-electron chi connectivity index (χ1n) is 4.23. The third-order valence-electron chi connectivity index (χ3n) is 2.00. The summed E-state index contributed by atoms with van der Waals surface area (Å²) in [6.07, 6.45) is -4.85. The van der Waals surface area contributed by atoms with Crippen LogP contribution >= 0.6 is 0 Å². The van der Waals surface area contributed by atoms with Gasteiger partial charge < -0.3 is 15.9 Å². The lowest BCUT2D eigenvalue weighted by Crippen LogP contribution is -2.20. The molecular formula is C9H9F4NO2. The molecule has 0 radical (unpaired) electrons. The van der Waals surface area contributed by atoms with Crippen LogP contribution in [0.2, 0.25) is 0 Å². The zero-order chi connectivity index (χ0) is 12.5. The molecule has 0 unspecified atom stereocenters. The number of hydrogen-bond donors (Lipinski definition) is 3. The molecule has 0 heterocycles. The van der Waals surface area contributed by atoms with E-state index in [4.69, 9.17) is 10.8 Å². The van der Waals surface area contributed by atoms with E-state index in [2.05, 4.69) is 0 Å². The first kappa shape index (κ1) is 12.7. The van der Waals surface area contributed by atoms with E-state index < -0.39 is 41.5 Å². The Labute approximate surface area is 88.1 Å². The summed E-state index contributed by atoms with van der Waals surface area (Å²) in [7, 11) is 0. The Balaban J connectivity index is 3.44. The summed E-state index contributed by atoms with van der Waals surface area (Å²) in [6.45, 7) is -0.789. The lowest BCUT2D eigenvalue weighted by atomic mass is 9.99. The summed E-state index contributed by atoms with van der Waals surface area (Å²) in [5.41, 5.74) is 3.12. The summed E-state index contributed by atoms with van der Waals surface area (Å²) in [6, 6.07) is -0.678. The van der Waals surface area contributed by atoms with Gasteiger partial charge in [0.15, 0.2) is 0 Å². The second-order valence-electron chi connectivity index (χ2n) is 3.17. The van der Waals surface area contributed by atoms with Gasteiger partial charge in [-0.3, -0.25) is 0 Å². The highest BCUT2D eigenvalue weighted by atomic mass is 19.4. The molecule has 7 heteroatoms. The highest BCUT2D eigenvalue weighted by Crippen LogP contribution is 2.38. The molecule has 1 aromatic carbocycles. The van der Waals surface area contributed by atoms with Crippen LogP contribution in [0, 0.1) is 5.82 Å². The largest absolute Gasteiger partial charge is 0.507 e. The first-order valence-corrected chi connectivity index (χ1v) is 4.23. The molecule has 0 aliphatic carbocycles. The lowest BCUT2D eigenvalue weighted by molar-refractivity contribution is -0.138. The number of phenols is 1. The van der Waals surface area contributed by atoms with E-state index in [9.17, 15) is 22.7 Å². The summed E-state index contributed by atoms with van der Waals surface area (Å²) >= 11 is 0. The molecule has 1 atom stereocenters. The standard InChI is InChI=1S/C9H9F4NO2/c10-4-1-5(9(11,12)13)8(6(14)3-15)7(16)2-4/h1-2,6,15-16H,3,14H2/t6-/m1/s1. The molecule has 0 saturated heterocycles. The minimum Gasteiger partial charge on any atom is -0.507 e. The van der Waals surface area contributed by atoms with Crippen molar-refractivity contribution in [1.82, 2.24) is 0 Å². The van der Waals surface area contributed by atoms with E-state index in [1.54, 1.807) is 0 Å². The molecule has 90 valence electrons. The van der Waals surface area contributed by atoms with Crippen molar-refractivity contribution in [2.45, 2.75) is 12.2 Å². The van der Waals surface area contributed by atoms with Crippen LogP contribution in [0.15, 0.2) is 12.1 Å². The first-order chi connectivity index (χ1) is 7.27. The van der Waals surface area contributed by atoms with Gasteiger partial charge in [0.05, 0.1) is 18.2 Å². The lowest BCUT2D eigenvalue weighted by Gasteiger charge is -2.18. The van der Waals surface area contributed by atoms with E-state index in [0.29, 0.717) is 6.07 Å². The highest BCUT2D eigenvalue weighted by Gasteiger charge is 2.36. The van der Waals surface area contributed by atoms with Crippen molar-refractivity contribution >= 4 is 0 Å². The van der Waals surface area contributed by atoms with Gasteiger partial charge in [0, 0.05) is 11.6 Å². The number of halogens is 4. The molecule has 0 aromatic heterocycles. The van der Waals surface area contributed by atoms with Crippen LogP contribution in [0.1, 0.15) is 17.2 Å². The number of aliphatic hydroxyl groups is 1. The van der Waals surface area contributed by atoms with Gasteiger partial charge in [-0.25, -0.2) is 4.39 Å². The quantitative estimate of drug-likeness (QED) is 0.686. The van der Waals surface area contributed by atoms with Gasteiger partial charge >= 0.3 is 6.18 Å². The molecule has 0 saturated carbocycles. The topological polar surface area (TPSA) is 66.5 Å². The third-order valence-corrected chi connectivity index (χ3v) is 2.00. The fraction of sp³-hybridized carbons (Fsp3) is 0.333. The number of rotatable bonds is 2. The summed E-state index contributed by atoms with van der Waals surface area (Å²) in [5.74, 6) is -2.15. The Hall–Kier alpha value is -1.34. The molecule has 0 fully saturated rings. The monoisotopic (exact) mass is 239 g/mol. The van der Waals surface area contributed by atoms with E-state index in [1.165, 1.54) is 0 Å². The molecule has 1 rings (SSSR count). The maximum absolute atomic E-state index is 12.7. The van der Waals surface area contributed by atoms with Crippen LogP contribution in [0.25, 0.3) is 0 Å². The van der Waals surface area contributed by atoms with Crippen molar-refractivity contribution in [2.24, 2.45) is 5.73 Å². The summed E-state index contributed by atoms with van der Waals surface area (Å²) in [5, 5.41) is 17.9. The third kappa shape index (κ3) is 2.42. The van der Waals surface area contributed by atoms with E-state index >= 15 is 0 Å². The Morgan fingerprint density at radius 3 is 2.31 bits per heavy atom. The van der Waals surface area contributed by atoms with E-state index in [1.807, 2.05) is 0 Å². The fourth-order valence-corrected chi connectivity index (χ4v) is 1.32. The van der Waals surface area contributed by atoms with Crippen molar-refractivity contribution in [3.63, 3.8) is 0 Å². The Morgan fingerprint density at radius 1 is 1.31 bits per heavy atom. The zero-order valence-corrected chi connectivity index (χ0v) is 7.92. The van der Waals surface area contributed by atoms with E-state index in [0.717, 1.165) is 0 Å². The van der Waals surface area contributed by atoms with Crippen molar-refractivity contribution in [3.05, 3.63) is 29.1 Å². The number of aliphatic hydroxyl groups excluding tert-OH is 1. The number of phenolic OH excluding ortho intramolecular Hbond substituents is 1. The molecule has 0 aliphatic heterocycles. The van der Waals surface area contributed by atoms with Crippen molar-refractivity contribution in [2.75, 3.05) is 6.61 Å². The van der Waals surface area contributed by atoms with Crippen molar-refractivity contribution in [1.29, 1.82) is 0 Å². The number of nitrogens with two attached hydrogens (primary N) is 1. The van der Waals surface area contributed by atoms with Gasteiger partial charge in [-0.05, 0) is 6.07 Å². The maximum atomic E-state index is 12.7. The average molecular weight is 239 g/mol. The van der Waals surface area contributed by atoms with Crippen LogP contribution in [-0.2, 0) is 6.18 Å². The second-order valence-corrected chi connectivity index (χ2v) is 3.17. The Morgan fingerprint density at radius 2 is 1.88 bits per heavy atom. The average Bonchev–Trinajstić information content (AvgIpc) is 2.14. The summed E-state index contributed by atoms with van der Waals surface area (Å²) < 4.78 is 50.2. The Kier molecular flexibility index (Phi) is 3.39. The number of alkyl halides is 3. The van der Waals surface area contributed by atoms with Crippen molar-refractivity contribution < 1.29 is 27.8 Å². The molecule has 0 bridgehead atoms. The number of hydrogen-bond acceptors (Lipinski definition) is 3. The normalized spacial score (nSPS) is 13.9. The molecule has 0 spiro atoms. The fourth-order valence-electron chi connectivity index (χ4n) is 1.32. The molecule has 1 aromatic rings. The SMILES string of the molecule is N[C@H](CO)c1c(O)cc(F)cc1C(F)(F)F. The summed E-state index contributed by atoms with van der Waals surface area (Å²) in [4.78, 5) is 0. The van der Waals surface area contributed by atoms with Gasteiger partial charge in [-0.1, -0.05) is 0 Å². The van der Waals surface area contributed by atoms with Crippen molar-refractivity contribution in [3.8, 4) is 5.75 Å². The van der Waals surface area contributed by atoms with Gasteiger partial charge in [-0.15, -0.1) is 0 Å². The number of benzene rings is 1. The predicted molar refractivity (Wildman–Crippen MR) is 47.1 cm³/mol. The predicted octanol–water partition coefficient (Wildman–Crippen LogP) is 1.54. The van der Waals surface area contributed by atoms with Crippen LogP contribution < -0.4 is 5.73 Å². The van der Waals surface area contributed by atoms with Crippen LogP contribution in [0.3, 0.4) is 0 Å². The molecule has 3 nitrogen and oxygen atoms in total. The van der Waals surface area contributed by atoms with E-state index in [-0.39, 0.29) is 6.07 Å². The van der Waals surface area contributed by atoms with Gasteiger partial charge in [0.2, 0.25) is 0 Å². The van der Waals surface area contributed by atoms with Gasteiger partial charge in [-0.2, -0.15) is 13.2 Å². The van der Waals surface area contributed by atoms with Gasteiger partial charge in [0.1, 0.15) is 11.6 Å². The van der Waals surface area contributed by atoms with Gasteiger partial charge in [0.25, 0.3) is 0 Å². The smallest absolute Gasteiger partial charge is 0.416 e. The molecule has 0 amide bonds. The Bertz CT molecular complexity index is 392. The highest BCUT2D eigenvalue weighted by molar-refractivity contribution is 5.43. The molecular weight excluding hydrogens is 230 g/mol. The van der Waals surface area contributed by atoms with Crippen LogP contribution in [0.4, 0.5) is 17.6 Å². The zero-order valence-electron chi connectivity index (χ0n) is 7.92. The molecule has 4 N–H and O–H groups in total.